The van der Waals surface area contributed by atoms with Crippen LogP contribution in [0.25, 0.3) is 5.69 Å². The van der Waals surface area contributed by atoms with Gasteiger partial charge in [0.05, 0.1) is 16.4 Å². The van der Waals surface area contributed by atoms with Crippen molar-refractivity contribution in [1.29, 1.82) is 0 Å². The zero-order valence-corrected chi connectivity index (χ0v) is 21.1. The molecule has 0 radical (unpaired) electrons. The third-order valence-corrected chi connectivity index (χ3v) is 6.79. The van der Waals surface area contributed by atoms with Crippen molar-refractivity contribution in [2.24, 2.45) is 18.0 Å². The third kappa shape index (κ3) is 5.39. The highest BCUT2D eigenvalue weighted by Gasteiger charge is 2.44. The molecule has 0 spiro atoms. The first kappa shape index (κ1) is 28.7. The van der Waals surface area contributed by atoms with Crippen molar-refractivity contribution in [2.75, 3.05) is 6.54 Å². The largest absolute Gasteiger partial charge is 0.480 e. The van der Waals surface area contributed by atoms with Gasteiger partial charge in [-0.2, -0.15) is 13.2 Å². The zero-order valence-electron chi connectivity index (χ0n) is 19.5. The van der Waals surface area contributed by atoms with Gasteiger partial charge in [0.15, 0.2) is 5.17 Å². The second-order valence-corrected chi connectivity index (χ2v) is 9.19. The lowest BCUT2D eigenvalue weighted by Gasteiger charge is -2.16. The molecule has 0 saturated carbocycles. The standard InChI is InChI=1S/C23H17ClF4N4O5S/c1-4-6-11(20(35)36)18-19(34)31(7-5-2)21(38-18)29-14-9-15(13(25)8-12(14)24)32-17(33)10-16(23(26,27)28)30(3)22(32)37/h5,8-11,18H,2,7H2,1,3H3,(H,35,36). The predicted octanol–water partition coefficient (Wildman–Crippen LogP) is 3.19. The predicted molar refractivity (Wildman–Crippen MR) is 132 cm³/mol. The van der Waals surface area contributed by atoms with Crippen LogP contribution in [-0.4, -0.2) is 48.0 Å². The summed E-state index contributed by atoms with van der Waals surface area (Å²) in [6.07, 6.45) is -3.67. The van der Waals surface area contributed by atoms with Crippen LogP contribution in [0.2, 0.25) is 5.02 Å². The topological polar surface area (TPSA) is 114 Å². The highest BCUT2D eigenvalue weighted by Crippen LogP contribution is 2.37. The molecule has 9 nitrogen and oxygen atoms in total. The van der Waals surface area contributed by atoms with Crippen LogP contribution >= 0.6 is 23.4 Å². The first-order valence-electron chi connectivity index (χ1n) is 10.4. The molecule has 15 heteroatoms. The molecule has 200 valence electrons. The number of hydrogen-bond donors (Lipinski definition) is 1. The summed E-state index contributed by atoms with van der Waals surface area (Å²) >= 11 is 6.86. The van der Waals surface area contributed by atoms with E-state index in [1.807, 2.05) is 0 Å². The van der Waals surface area contributed by atoms with Crippen LogP contribution in [0.5, 0.6) is 0 Å². The van der Waals surface area contributed by atoms with E-state index in [1.165, 1.54) is 13.0 Å². The second kappa shape index (κ2) is 10.9. The maximum Gasteiger partial charge on any atom is 0.431 e. The van der Waals surface area contributed by atoms with E-state index in [-0.39, 0.29) is 37.6 Å². The quantitative estimate of drug-likeness (QED) is 0.323. The average Bonchev–Trinajstić information content (AvgIpc) is 3.11. The Morgan fingerprint density at radius 3 is 2.53 bits per heavy atom. The molecule has 1 aliphatic rings. The molecule has 38 heavy (non-hydrogen) atoms. The Hall–Kier alpha value is -3.83. The van der Waals surface area contributed by atoms with Gasteiger partial charge in [-0.1, -0.05) is 35.4 Å². The van der Waals surface area contributed by atoms with Crippen LogP contribution < -0.4 is 11.2 Å². The monoisotopic (exact) mass is 572 g/mol. The summed E-state index contributed by atoms with van der Waals surface area (Å²) in [5.74, 6) is 0.329. The van der Waals surface area contributed by atoms with Crippen LogP contribution in [0.4, 0.5) is 23.2 Å². The summed E-state index contributed by atoms with van der Waals surface area (Å²) in [4.78, 5) is 55.0. The van der Waals surface area contributed by atoms with Crippen molar-refractivity contribution in [1.82, 2.24) is 14.0 Å². The second-order valence-electron chi connectivity index (χ2n) is 7.68. The fourth-order valence-corrected chi connectivity index (χ4v) is 4.91. The van der Waals surface area contributed by atoms with Crippen molar-refractivity contribution in [3.63, 3.8) is 0 Å². The highest BCUT2D eigenvalue weighted by molar-refractivity contribution is 8.15. The maximum atomic E-state index is 14.8. The summed E-state index contributed by atoms with van der Waals surface area (Å²) in [5.41, 5.74) is -5.47. The number of thioether (sulfide) groups is 1. The molecule has 2 unspecified atom stereocenters. The van der Waals surface area contributed by atoms with Gasteiger partial charge in [-0.05, 0) is 19.1 Å². The molecule has 1 N–H and O–H groups in total. The van der Waals surface area contributed by atoms with Gasteiger partial charge >= 0.3 is 17.8 Å². The number of aliphatic imine (C=N–C) groups is 1. The van der Waals surface area contributed by atoms with E-state index in [2.05, 4.69) is 23.4 Å². The van der Waals surface area contributed by atoms with Crippen molar-refractivity contribution in [3.8, 4) is 17.5 Å². The summed E-state index contributed by atoms with van der Waals surface area (Å²) in [6.45, 7) is 4.86. The van der Waals surface area contributed by atoms with Crippen molar-refractivity contribution in [2.45, 2.75) is 18.3 Å². The molecule has 2 aromatic rings. The number of aliphatic carboxylic acids is 1. The number of amides is 1. The van der Waals surface area contributed by atoms with Gasteiger partial charge in [-0.15, -0.1) is 12.5 Å². The molecule has 1 aromatic carbocycles. The fourth-order valence-electron chi connectivity index (χ4n) is 3.50. The SMILES string of the molecule is C=CCN1C(=O)C(C(C#CC)C(=O)O)SC1=Nc1cc(-n2c(=O)cc(C(F)(F)F)n(C)c2=O)c(F)cc1Cl. The van der Waals surface area contributed by atoms with Crippen molar-refractivity contribution < 1.29 is 32.3 Å². The first-order valence-corrected chi connectivity index (χ1v) is 11.7. The van der Waals surface area contributed by atoms with E-state index in [9.17, 15) is 41.8 Å². The van der Waals surface area contributed by atoms with Gasteiger partial charge in [-0.25, -0.2) is 18.7 Å². The van der Waals surface area contributed by atoms with Crippen molar-refractivity contribution in [3.05, 3.63) is 68.2 Å². The zero-order chi connectivity index (χ0) is 28.5. The lowest BCUT2D eigenvalue weighted by Crippen LogP contribution is -2.41. The minimum absolute atomic E-state index is 0.0591. The Labute approximate surface area is 221 Å². The minimum Gasteiger partial charge on any atom is -0.480 e. The average molecular weight is 573 g/mol. The summed E-state index contributed by atoms with van der Waals surface area (Å²) in [5, 5.41) is 7.94. The maximum absolute atomic E-state index is 14.8. The Bertz CT molecular complexity index is 1550. The molecule has 1 fully saturated rings. The number of rotatable bonds is 6. The Balaban J connectivity index is 2.19. The summed E-state index contributed by atoms with van der Waals surface area (Å²) in [7, 11) is 0.766. The number of carbonyl (C=O) groups is 2. The lowest BCUT2D eigenvalue weighted by molar-refractivity contribution is -0.144. The smallest absolute Gasteiger partial charge is 0.431 e. The number of amidine groups is 1. The first-order chi connectivity index (χ1) is 17.7. The van der Waals surface area contributed by atoms with E-state index in [0.29, 0.717) is 6.07 Å². The molecular weight excluding hydrogens is 556 g/mol. The molecule has 1 saturated heterocycles. The van der Waals surface area contributed by atoms with Crippen LogP contribution in [0.15, 0.2) is 45.4 Å². The molecule has 1 aromatic heterocycles. The molecule has 2 heterocycles. The van der Waals surface area contributed by atoms with Crippen LogP contribution in [0, 0.1) is 23.6 Å². The van der Waals surface area contributed by atoms with E-state index < -0.39 is 57.7 Å². The molecular formula is C23H17ClF4N4O5S. The number of carboxylic acids is 1. The van der Waals surface area contributed by atoms with Gasteiger partial charge in [0, 0.05) is 19.7 Å². The highest BCUT2D eigenvalue weighted by atomic mass is 35.5. The molecule has 2 atom stereocenters. The van der Waals surface area contributed by atoms with Gasteiger partial charge in [0.25, 0.3) is 5.56 Å². The van der Waals surface area contributed by atoms with Crippen LogP contribution in [-0.2, 0) is 22.8 Å². The van der Waals surface area contributed by atoms with E-state index in [4.69, 9.17) is 11.6 Å². The number of hydrogen-bond acceptors (Lipinski definition) is 6. The number of aromatic nitrogens is 2. The number of benzene rings is 1. The van der Waals surface area contributed by atoms with Gasteiger partial charge < -0.3 is 5.11 Å². The normalized spacial score (nSPS) is 17.3. The van der Waals surface area contributed by atoms with Crippen molar-refractivity contribution >= 4 is 46.1 Å². The van der Waals surface area contributed by atoms with Crippen LogP contribution in [0.1, 0.15) is 12.6 Å². The summed E-state index contributed by atoms with van der Waals surface area (Å²) in [6, 6.07) is 1.69. The van der Waals surface area contributed by atoms with Gasteiger partial charge in [-0.3, -0.25) is 23.9 Å². The van der Waals surface area contributed by atoms with E-state index in [0.717, 1.165) is 29.8 Å². The Kier molecular flexibility index (Phi) is 8.23. The number of carboxylic acid groups (broad SMARTS) is 1. The fraction of sp³-hybridized carbons (Fsp3) is 0.261. The lowest BCUT2D eigenvalue weighted by atomic mass is 10.1. The van der Waals surface area contributed by atoms with Gasteiger partial charge in [0.2, 0.25) is 5.91 Å². The molecule has 1 aliphatic heterocycles. The van der Waals surface area contributed by atoms with E-state index >= 15 is 0 Å². The summed E-state index contributed by atoms with van der Waals surface area (Å²) < 4.78 is 54.7. The molecule has 1 amide bonds. The number of alkyl halides is 3. The number of nitrogens with zero attached hydrogens (tertiary/aromatic N) is 4. The molecule has 0 aliphatic carbocycles. The minimum atomic E-state index is -5.02. The molecule has 3 rings (SSSR count). The van der Waals surface area contributed by atoms with Crippen LogP contribution in [0.3, 0.4) is 0 Å². The third-order valence-electron chi connectivity index (χ3n) is 5.24. The Morgan fingerprint density at radius 2 is 1.97 bits per heavy atom. The van der Waals surface area contributed by atoms with E-state index in [1.54, 1.807) is 0 Å². The number of carbonyl (C=O) groups excluding carboxylic acids is 1. The van der Waals surface area contributed by atoms with Gasteiger partial charge in [0.1, 0.15) is 22.7 Å². The molecule has 0 bridgehead atoms. The Morgan fingerprint density at radius 1 is 1.32 bits per heavy atom. The number of halogens is 5.